The lowest BCUT2D eigenvalue weighted by Crippen LogP contribution is -2.42. The number of fused-ring (bicyclic) bond motifs is 1. The van der Waals surface area contributed by atoms with Gasteiger partial charge in [0.2, 0.25) is 0 Å². The molecule has 0 bridgehead atoms. The van der Waals surface area contributed by atoms with Crippen molar-refractivity contribution in [2.24, 2.45) is 5.92 Å². The summed E-state index contributed by atoms with van der Waals surface area (Å²) in [7, 11) is 0. The van der Waals surface area contributed by atoms with Crippen molar-refractivity contribution >= 4 is 6.09 Å². The van der Waals surface area contributed by atoms with Crippen molar-refractivity contribution in [2.45, 2.75) is 32.9 Å². The Morgan fingerprint density at radius 3 is 2.95 bits per heavy atom. The molecule has 0 fully saturated rings. The average Bonchev–Trinajstić information content (AvgIpc) is 3.00. The third kappa shape index (κ3) is 2.81. The summed E-state index contributed by atoms with van der Waals surface area (Å²) in [6.45, 7) is 5.10. The molecule has 0 aliphatic carbocycles. The van der Waals surface area contributed by atoms with Crippen LogP contribution in [0.1, 0.15) is 36.8 Å². The van der Waals surface area contributed by atoms with Crippen molar-refractivity contribution < 1.29 is 9.53 Å². The van der Waals surface area contributed by atoms with Gasteiger partial charge in [-0.1, -0.05) is 13.8 Å². The fourth-order valence-electron chi connectivity index (χ4n) is 2.91. The second-order valence-electron chi connectivity index (χ2n) is 5.81. The number of hydrogen-bond acceptors (Lipinski definition) is 4. The average molecular weight is 300 g/mol. The molecule has 6 nitrogen and oxygen atoms in total. The van der Waals surface area contributed by atoms with Crippen molar-refractivity contribution in [1.29, 1.82) is 0 Å². The number of nitrogens with zero attached hydrogens (tertiary/aromatic N) is 3. The van der Waals surface area contributed by atoms with Crippen LogP contribution >= 0.6 is 0 Å². The van der Waals surface area contributed by atoms with E-state index in [0.717, 1.165) is 23.4 Å². The van der Waals surface area contributed by atoms with Crippen molar-refractivity contribution in [3.63, 3.8) is 0 Å². The smallest absolute Gasteiger partial charge is 0.410 e. The summed E-state index contributed by atoms with van der Waals surface area (Å²) in [5.41, 5.74) is 3.02. The van der Waals surface area contributed by atoms with Gasteiger partial charge in [-0.3, -0.25) is 9.88 Å². The van der Waals surface area contributed by atoms with Gasteiger partial charge in [0.1, 0.15) is 6.61 Å². The second kappa shape index (κ2) is 6.17. The van der Waals surface area contributed by atoms with Crippen molar-refractivity contribution in [3.05, 3.63) is 47.8 Å². The van der Waals surface area contributed by atoms with E-state index in [1.165, 1.54) is 0 Å². The molecule has 1 atom stereocenters. The van der Waals surface area contributed by atoms with Crippen molar-refractivity contribution in [3.8, 4) is 0 Å². The van der Waals surface area contributed by atoms with E-state index in [0.29, 0.717) is 6.54 Å². The number of pyridine rings is 1. The van der Waals surface area contributed by atoms with E-state index < -0.39 is 0 Å². The number of carbonyl (C=O) groups is 1. The Morgan fingerprint density at radius 2 is 2.23 bits per heavy atom. The van der Waals surface area contributed by atoms with Crippen LogP contribution in [0, 0.1) is 5.92 Å². The van der Waals surface area contributed by atoms with Gasteiger partial charge in [-0.2, -0.15) is 0 Å². The third-order valence-electron chi connectivity index (χ3n) is 3.95. The number of imidazole rings is 1. The molecule has 1 aliphatic heterocycles. The number of H-pyrrole nitrogens is 1. The van der Waals surface area contributed by atoms with Gasteiger partial charge in [-0.15, -0.1) is 0 Å². The molecule has 3 heterocycles. The zero-order chi connectivity index (χ0) is 15.5. The molecule has 1 aliphatic rings. The molecule has 0 radical (unpaired) electrons. The summed E-state index contributed by atoms with van der Waals surface area (Å²) >= 11 is 0. The minimum Gasteiger partial charge on any atom is -0.445 e. The van der Waals surface area contributed by atoms with Crippen LogP contribution in [0.15, 0.2) is 30.9 Å². The number of amides is 1. The third-order valence-corrected chi connectivity index (χ3v) is 3.95. The van der Waals surface area contributed by atoms with Gasteiger partial charge in [0.15, 0.2) is 0 Å². The van der Waals surface area contributed by atoms with Gasteiger partial charge in [0.05, 0.1) is 23.8 Å². The van der Waals surface area contributed by atoms with Crippen molar-refractivity contribution in [1.82, 2.24) is 19.9 Å². The SMILES string of the molecule is CC(C)C1c2[nH]cnc2CCN1C(=O)OCc1ccncc1. The summed E-state index contributed by atoms with van der Waals surface area (Å²) < 4.78 is 5.46. The fraction of sp³-hybridized carbons (Fsp3) is 0.438. The molecule has 6 heteroatoms. The summed E-state index contributed by atoms with van der Waals surface area (Å²) in [6.07, 6.45) is 5.56. The molecule has 22 heavy (non-hydrogen) atoms. The van der Waals surface area contributed by atoms with Crippen LogP contribution in [0.3, 0.4) is 0 Å². The van der Waals surface area contributed by atoms with Gasteiger partial charge < -0.3 is 9.72 Å². The van der Waals surface area contributed by atoms with Crippen molar-refractivity contribution in [2.75, 3.05) is 6.54 Å². The Balaban J connectivity index is 1.72. The van der Waals surface area contributed by atoms with E-state index in [2.05, 4.69) is 28.8 Å². The molecule has 3 rings (SSSR count). The van der Waals surface area contributed by atoms with Crippen LogP contribution in [0.2, 0.25) is 0 Å². The Morgan fingerprint density at radius 1 is 1.45 bits per heavy atom. The molecular formula is C16H20N4O2. The largest absolute Gasteiger partial charge is 0.445 e. The molecule has 0 aromatic carbocycles. The summed E-state index contributed by atoms with van der Waals surface area (Å²) in [5.74, 6) is 0.285. The maximum atomic E-state index is 12.5. The lowest BCUT2D eigenvalue weighted by molar-refractivity contribution is 0.0652. The monoisotopic (exact) mass is 300 g/mol. The number of nitrogens with one attached hydrogen (secondary N) is 1. The van der Waals surface area contributed by atoms with Crippen LogP contribution in [-0.2, 0) is 17.8 Å². The number of ether oxygens (including phenoxy) is 1. The maximum absolute atomic E-state index is 12.5. The Bertz CT molecular complexity index is 639. The molecule has 2 aromatic heterocycles. The molecule has 1 unspecified atom stereocenters. The molecule has 1 amide bonds. The number of aromatic amines is 1. The predicted molar refractivity (Wildman–Crippen MR) is 81.0 cm³/mol. The first-order chi connectivity index (χ1) is 10.7. The minimum atomic E-state index is -0.282. The zero-order valence-electron chi connectivity index (χ0n) is 12.8. The predicted octanol–water partition coefficient (Wildman–Crippen LogP) is 2.70. The zero-order valence-corrected chi connectivity index (χ0v) is 12.8. The Hall–Kier alpha value is -2.37. The Labute approximate surface area is 129 Å². The van der Waals surface area contributed by atoms with E-state index >= 15 is 0 Å². The summed E-state index contributed by atoms with van der Waals surface area (Å²) in [5, 5.41) is 0. The highest BCUT2D eigenvalue weighted by atomic mass is 16.6. The lowest BCUT2D eigenvalue weighted by atomic mass is 9.94. The second-order valence-corrected chi connectivity index (χ2v) is 5.81. The quantitative estimate of drug-likeness (QED) is 0.946. The van der Waals surface area contributed by atoms with Gasteiger partial charge in [0.25, 0.3) is 0 Å². The van der Waals surface area contributed by atoms with Gasteiger partial charge >= 0.3 is 6.09 Å². The molecule has 2 aromatic rings. The van der Waals surface area contributed by atoms with E-state index in [9.17, 15) is 4.79 Å². The maximum Gasteiger partial charge on any atom is 0.410 e. The lowest BCUT2D eigenvalue weighted by Gasteiger charge is -2.36. The summed E-state index contributed by atoms with van der Waals surface area (Å²) in [4.78, 5) is 25.7. The van der Waals surface area contributed by atoms with Crippen LogP contribution in [0.25, 0.3) is 0 Å². The van der Waals surface area contributed by atoms with Crippen LogP contribution < -0.4 is 0 Å². The van der Waals surface area contributed by atoms with Gasteiger partial charge in [-0.05, 0) is 23.6 Å². The molecule has 1 N–H and O–H groups in total. The van der Waals surface area contributed by atoms with E-state index in [4.69, 9.17) is 4.74 Å². The first kappa shape index (κ1) is 14.6. The fourth-order valence-corrected chi connectivity index (χ4v) is 2.91. The number of rotatable bonds is 3. The van der Waals surface area contributed by atoms with E-state index in [1.54, 1.807) is 23.6 Å². The molecule has 116 valence electrons. The summed E-state index contributed by atoms with van der Waals surface area (Å²) in [6, 6.07) is 3.67. The van der Waals surface area contributed by atoms with Crippen LogP contribution in [0.4, 0.5) is 4.79 Å². The van der Waals surface area contributed by atoms with Crippen LogP contribution in [0.5, 0.6) is 0 Å². The Kier molecular flexibility index (Phi) is 4.09. The normalized spacial score (nSPS) is 17.4. The highest BCUT2D eigenvalue weighted by molar-refractivity contribution is 5.69. The van der Waals surface area contributed by atoms with Gasteiger partial charge in [-0.25, -0.2) is 9.78 Å². The molecular weight excluding hydrogens is 280 g/mol. The minimum absolute atomic E-state index is 0.0174. The first-order valence-electron chi connectivity index (χ1n) is 7.51. The number of carbonyl (C=O) groups excluding carboxylic acids is 1. The first-order valence-corrected chi connectivity index (χ1v) is 7.51. The number of hydrogen-bond donors (Lipinski definition) is 1. The molecule has 0 saturated carbocycles. The molecule has 0 saturated heterocycles. The van der Waals surface area contributed by atoms with Gasteiger partial charge in [0, 0.05) is 25.4 Å². The standard InChI is InChI=1S/C16H20N4O2/c1-11(2)15-14-13(18-10-19-14)5-8-20(15)16(21)22-9-12-3-6-17-7-4-12/h3-4,6-7,10-11,15H,5,8-9H2,1-2H3,(H,18,19). The van der Waals surface area contributed by atoms with Crippen LogP contribution in [-0.4, -0.2) is 32.5 Å². The molecule has 0 spiro atoms. The highest BCUT2D eigenvalue weighted by Crippen LogP contribution is 2.33. The topological polar surface area (TPSA) is 71.1 Å². The van der Waals surface area contributed by atoms with E-state index in [-0.39, 0.29) is 24.7 Å². The highest BCUT2D eigenvalue weighted by Gasteiger charge is 2.35. The van der Waals surface area contributed by atoms with E-state index in [1.807, 2.05) is 12.1 Å². The number of aromatic nitrogens is 3.